The summed E-state index contributed by atoms with van der Waals surface area (Å²) in [6, 6.07) is 7.01. The van der Waals surface area contributed by atoms with Crippen LogP contribution in [0.15, 0.2) is 34.2 Å². The lowest BCUT2D eigenvalue weighted by Gasteiger charge is -2.02. The van der Waals surface area contributed by atoms with Gasteiger partial charge in [-0.3, -0.25) is 9.52 Å². The molecular formula is C13H12N4O4S2. The molecule has 3 rings (SSSR count). The molecule has 0 radical (unpaired) electrons. The largest absolute Gasteiger partial charge is 0.369 e. The molecule has 0 saturated carbocycles. The van der Waals surface area contributed by atoms with Gasteiger partial charge in [-0.15, -0.1) is 11.3 Å². The number of sulfonamides is 1. The van der Waals surface area contributed by atoms with Crippen LogP contribution in [-0.4, -0.2) is 24.5 Å². The molecule has 120 valence electrons. The first kappa shape index (κ1) is 15.4. The van der Waals surface area contributed by atoms with Crippen LogP contribution in [0.5, 0.6) is 0 Å². The molecule has 2 heterocycles. The van der Waals surface area contributed by atoms with E-state index in [-0.39, 0.29) is 17.3 Å². The lowest BCUT2D eigenvalue weighted by molar-refractivity contribution is -0.117. The SMILES string of the molecule is NC(=O)Cc1csc(NS(=O)(=O)Cc2noc3ccccc23)n1. The monoisotopic (exact) mass is 352 g/mol. The van der Waals surface area contributed by atoms with Crippen molar-refractivity contribution in [2.45, 2.75) is 12.2 Å². The van der Waals surface area contributed by atoms with Gasteiger partial charge in [0, 0.05) is 10.8 Å². The fourth-order valence-electron chi connectivity index (χ4n) is 2.00. The summed E-state index contributed by atoms with van der Waals surface area (Å²) in [5.41, 5.74) is 6.34. The summed E-state index contributed by atoms with van der Waals surface area (Å²) >= 11 is 1.08. The van der Waals surface area contributed by atoms with Crippen molar-refractivity contribution < 1.29 is 17.7 Å². The average molecular weight is 352 g/mol. The van der Waals surface area contributed by atoms with E-state index in [0.29, 0.717) is 22.4 Å². The number of nitrogens with two attached hydrogens (primary N) is 1. The Morgan fingerprint density at radius 3 is 2.91 bits per heavy atom. The number of anilines is 1. The second-order valence-corrected chi connectivity index (χ2v) is 7.35. The van der Waals surface area contributed by atoms with Crippen molar-refractivity contribution in [3.05, 3.63) is 41.0 Å². The number of rotatable bonds is 6. The molecule has 2 aromatic heterocycles. The van der Waals surface area contributed by atoms with Crippen molar-refractivity contribution >= 4 is 43.4 Å². The topological polar surface area (TPSA) is 128 Å². The fourth-order valence-corrected chi connectivity index (χ4v) is 4.08. The number of hydrogen-bond acceptors (Lipinski definition) is 7. The zero-order valence-corrected chi connectivity index (χ0v) is 13.4. The Hall–Kier alpha value is -2.46. The maximum atomic E-state index is 12.2. The molecule has 0 fully saturated rings. The Kier molecular flexibility index (Phi) is 4.01. The number of primary amides is 1. The zero-order valence-electron chi connectivity index (χ0n) is 11.7. The minimum absolute atomic E-state index is 0.0356. The van der Waals surface area contributed by atoms with Gasteiger partial charge in [0.1, 0.15) is 11.4 Å². The molecule has 0 spiro atoms. The van der Waals surface area contributed by atoms with Crippen LogP contribution in [0.4, 0.5) is 5.13 Å². The van der Waals surface area contributed by atoms with Crippen LogP contribution >= 0.6 is 11.3 Å². The molecule has 0 aliphatic heterocycles. The molecule has 3 N–H and O–H groups in total. The van der Waals surface area contributed by atoms with Gasteiger partial charge in [0.25, 0.3) is 0 Å². The van der Waals surface area contributed by atoms with E-state index in [1.807, 2.05) is 0 Å². The quantitative estimate of drug-likeness (QED) is 0.687. The molecule has 10 heteroatoms. The van der Waals surface area contributed by atoms with Crippen molar-refractivity contribution in [2.75, 3.05) is 4.72 Å². The van der Waals surface area contributed by atoms with E-state index in [1.54, 1.807) is 29.6 Å². The van der Waals surface area contributed by atoms with Crippen molar-refractivity contribution in [3.63, 3.8) is 0 Å². The minimum Gasteiger partial charge on any atom is -0.369 e. The van der Waals surface area contributed by atoms with Crippen molar-refractivity contribution in [1.29, 1.82) is 0 Å². The predicted molar refractivity (Wildman–Crippen MR) is 85.3 cm³/mol. The predicted octanol–water partition coefficient (Wildman–Crippen LogP) is 1.25. The third-order valence-corrected chi connectivity index (χ3v) is 5.02. The minimum atomic E-state index is -3.70. The first-order valence-corrected chi connectivity index (χ1v) is 9.02. The number of carbonyl (C=O) groups is 1. The smallest absolute Gasteiger partial charge is 0.240 e. The highest BCUT2D eigenvalue weighted by molar-refractivity contribution is 7.92. The highest BCUT2D eigenvalue weighted by Gasteiger charge is 2.19. The van der Waals surface area contributed by atoms with Gasteiger partial charge in [-0.05, 0) is 12.1 Å². The molecule has 1 aromatic carbocycles. The Bertz CT molecular complexity index is 961. The molecule has 3 aromatic rings. The van der Waals surface area contributed by atoms with Crippen LogP contribution in [0.3, 0.4) is 0 Å². The fraction of sp³-hybridized carbons (Fsp3) is 0.154. The summed E-state index contributed by atoms with van der Waals surface area (Å²) in [6.07, 6.45) is -0.0356. The third-order valence-electron chi connectivity index (χ3n) is 2.93. The molecule has 23 heavy (non-hydrogen) atoms. The Morgan fingerprint density at radius 1 is 1.35 bits per heavy atom. The summed E-state index contributed by atoms with van der Waals surface area (Å²) in [7, 11) is -3.70. The van der Waals surface area contributed by atoms with Crippen LogP contribution in [0.25, 0.3) is 11.0 Å². The molecule has 0 bridgehead atoms. The molecule has 0 aliphatic rings. The van der Waals surface area contributed by atoms with Crippen LogP contribution < -0.4 is 10.5 Å². The van der Waals surface area contributed by atoms with Gasteiger partial charge in [-0.25, -0.2) is 13.4 Å². The van der Waals surface area contributed by atoms with Crippen LogP contribution in [0.2, 0.25) is 0 Å². The summed E-state index contributed by atoms with van der Waals surface area (Å²) in [4.78, 5) is 14.8. The Balaban J connectivity index is 1.77. The standard InChI is InChI=1S/C13H12N4O4S2/c14-12(18)5-8-6-22-13(15-8)17-23(19,20)7-10-9-3-1-2-4-11(9)21-16-10/h1-4,6H,5,7H2,(H2,14,18)(H,15,17). The first-order valence-electron chi connectivity index (χ1n) is 6.49. The zero-order chi connectivity index (χ0) is 16.4. The second-order valence-electron chi connectivity index (χ2n) is 4.77. The number of amides is 1. The van der Waals surface area contributed by atoms with Crippen molar-refractivity contribution in [2.24, 2.45) is 5.73 Å². The summed E-state index contributed by atoms with van der Waals surface area (Å²) < 4.78 is 31.9. The van der Waals surface area contributed by atoms with Crippen LogP contribution in [0, 0.1) is 0 Å². The lowest BCUT2D eigenvalue weighted by atomic mass is 10.2. The van der Waals surface area contributed by atoms with Gasteiger partial charge in [-0.2, -0.15) is 0 Å². The van der Waals surface area contributed by atoms with Crippen molar-refractivity contribution in [3.8, 4) is 0 Å². The van der Waals surface area contributed by atoms with Crippen LogP contribution in [-0.2, 0) is 27.0 Å². The number of aromatic nitrogens is 2. The number of benzene rings is 1. The molecule has 0 unspecified atom stereocenters. The Morgan fingerprint density at radius 2 is 2.13 bits per heavy atom. The Labute approximate surface area is 135 Å². The van der Waals surface area contributed by atoms with Gasteiger partial charge in [0.15, 0.2) is 10.7 Å². The number of carbonyl (C=O) groups excluding carboxylic acids is 1. The molecule has 0 saturated heterocycles. The van der Waals surface area contributed by atoms with Gasteiger partial charge in [0.2, 0.25) is 15.9 Å². The highest BCUT2D eigenvalue weighted by atomic mass is 32.2. The number of thiazole rings is 1. The maximum Gasteiger partial charge on any atom is 0.240 e. The van der Waals surface area contributed by atoms with Gasteiger partial charge in [-0.1, -0.05) is 17.3 Å². The molecule has 8 nitrogen and oxygen atoms in total. The summed E-state index contributed by atoms with van der Waals surface area (Å²) in [6.45, 7) is 0. The van der Waals surface area contributed by atoms with Gasteiger partial charge < -0.3 is 10.3 Å². The third kappa shape index (κ3) is 3.66. The second kappa shape index (κ2) is 5.97. The van der Waals surface area contributed by atoms with E-state index in [4.69, 9.17) is 10.3 Å². The summed E-state index contributed by atoms with van der Waals surface area (Å²) in [5, 5.41) is 6.19. The number of nitrogens with one attached hydrogen (secondary N) is 1. The number of hydrogen-bond donors (Lipinski definition) is 2. The van der Waals surface area contributed by atoms with E-state index in [9.17, 15) is 13.2 Å². The lowest BCUT2D eigenvalue weighted by Crippen LogP contribution is -2.16. The normalized spacial score (nSPS) is 11.7. The highest BCUT2D eigenvalue weighted by Crippen LogP contribution is 2.22. The van der Waals surface area contributed by atoms with Gasteiger partial charge in [0.05, 0.1) is 12.1 Å². The van der Waals surface area contributed by atoms with Crippen LogP contribution in [0.1, 0.15) is 11.4 Å². The van der Waals surface area contributed by atoms with E-state index in [2.05, 4.69) is 14.9 Å². The van der Waals surface area contributed by atoms with Gasteiger partial charge >= 0.3 is 0 Å². The first-order chi connectivity index (χ1) is 10.9. The van der Waals surface area contributed by atoms with E-state index < -0.39 is 15.9 Å². The number of nitrogens with zero attached hydrogens (tertiary/aromatic N) is 2. The molecule has 1 amide bonds. The molecule has 0 atom stereocenters. The maximum absolute atomic E-state index is 12.2. The average Bonchev–Trinajstić information content (AvgIpc) is 3.05. The number of para-hydroxylation sites is 1. The summed E-state index contributed by atoms with van der Waals surface area (Å²) in [5.74, 6) is -0.867. The molecular weight excluding hydrogens is 340 g/mol. The van der Waals surface area contributed by atoms with Crippen molar-refractivity contribution in [1.82, 2.24) is 10.1 Å². The van der Waals surface area contributed by atoms with E-state index >= 15 is 0 Å². The number of fused-ring (bicyclic) bond motifs is 1. The molecule has 0 aliphatic carbocycles. The van der Waals surface area contributed by atoms with E-state index in [1.165, 1.54) is 0 Å². The van der Waals surface area contributed by atoms with E-state index in [0.717, 1.165) is 11.3 Å².